The lowest BCUT2D eigenvalue weighted by atomic mass is 9.88. The van der Waals surface area contributed by atoms with Crippen LogP contribution in [0.15, 0.2) is 120 Å². The van der Waals surface area contributed by atoms with E-state index < -0.39 is 0 Å². The van der Waals surface area contributed by atoms with Crippen molar-refractivity contribution >= 4 is 18.4 Å². The van der Waals surface area contributed by atoms with Crippen molar-refractivity contribution in [2.45, 2.75) is 18.9 Å². The van der Waals surface area contributed by atoms with Crippen molar-refractivity contribution in [3.8, 4) is 5.75 Å². The number of aromatic nitrogens is 3. The zero-order valence-corrected chi connectivity index (χ0v) is 20.5. The van der Waals surface area contributed by atoms with E-state index in [9.17, 15) is 0 Å². The van der Waals surface area contributed by atoms with Gasteiger partial charge in [0.1, 0.15) is 12.4 Å². The molecule has 36 heavy (non-hydrogen) atoms. The number of hydrogen-bond donors (Lipinski definition) is 1. The van der Waals surface area contributed by atoms with Crippen LogP contribution in [0.25, 0.3) is 0 Å². The summed E-state index contributed by atoms with van der Waals surface area (Å²) in [5, 5.41) is 12.1. The number of aromatic amines is 1. The number of H-pyrrole nitrogens is 1. The number of nitrogens with one attached hydrogen (secondary N) is 1. The van der Waals surface area contributed by atoms with Gasteiger partial charge in [-0.15, -0.1) is 0 Å². The zero-order chi connectivity index (χ0) is 24.6. The number of benzene rings is 4. The molecule has 1 N–H and O–H groups in total. The molecule has 4 aromatic carbocycles. The fourth-order valence-corrected chi connectivity index (χ4v) is 4.27. The smallest absolute Gasteiger partial charge is 0.216 e. The Morgan fingerprint density at radius 3 is 2.00 bits per heavy atom. The number of rotatable bonds is 9. The second-order valence-electron chi connectivity index (χ2n) is 8.42. The van der Waals surface area contributed by atoms with Crippen LogP contribution in [0.5, 0.6) is 5.75 Å². The molecule has 0 unspecified atom stereocenters. The lowest BCUT2D eigenvalue weighted by molar-refractivity contribution is 0.306. The molecule has 0 amide bonds. The molecule has 0 spiro atoms. The van der Waals surface area contributed by atoms with Gasteiger partial charge in [0.15, 0.2) is 5.82 Å². The van der Waals surface area contributed by atoms with Crippen molar-refractivity contribution in [2.75, 3.05) is 0 Å². The van der Waals surface area contributed by atoms with Crippen LogP contribution in [0.2, 0.25) is 0 Å². The zero-order valence-electron chi connectivity index (χ0n) is 19.7. The van der Waals surface area contributed by atoms with Crippen LogP contribution >= 0.6 is 12.2 Å². The first-order chi connectivity index (χ1) is 17.8. The van der Waals surface area contributed by atoms with Gasteiger partial charge in [0, 0.05) is 12.3 Å². The van der Waals surface area contributed by atoms with Gasteiger partial charge in [0.05, 0.1) is 6.21 Å². The first kappa shape index (κ1) is 23.5. The summed E-state index contributed by atoms with van der Waals surface area (Å²) in [6.07, 6.45) is 2.45. The molecular weight excluding hydrogens is 464 g/mol. The van der Waals surface area contributed by atoms with Crippen molar-refractivity contribution in [3.63, 3.8) is 0 Å². The highest BCUT2D eigenvalue weighted by Gasteiger charge is 2.18. The highest BCUT2D eigenvalue weighted by Crippen LogP contribution is 2.28. The van der Waals surface area contributed by atoms with Gasteiger partial charge in [-0.2, -0.15) is 14.9 Å². The molecular formula is C30H26N4OS. The van der Waals surface area contributed by atoms with Gasteiger partial charge in [-0.25, -0.2) is 0 Å². The van der Waals surface area contributed by atoms with Crippen molar-refractivity contribution in [1.29, 1.82) is 0 Å². The summed E-state index contributed by atoms with van der Waals surface area (Å²) in [5.74, 6) is 1.72. The summed E-state index contributed by atoms with van der Waals surface area (Å²) in [6.45, 7) is 0.534. The molecule has 0 radical (unpaired) electrons. The molecule has 6 heteroatoms. The third-order valence-corrected chi connectivity index (χ3v) is 6.22. The number of hydrogen-bond acceptors (Lipinski definition) is 4. The molecule has 178 valence electrons. The van der Waals surface area contributed by atoms with Crippen molar-refractivity contribution < 1.29 is 4.74 Å². The maximum atomic E-state index is 5.88. The van der Waals surface area contributed by atoms with E-state index in [4.69, 9.17) is 17.0 Å². The molecule has 1 heterocycles. The molecule has 0 aliphatic rings. The maximum Gasteiger partial charge on any atom is 0.216 e. The molecule has 0 aliphatic carbocycles. The third kappa shape index (κ3) is 5.85. The highest BCUT2D eigenvalue weighted by atomic mass is 32.1. The summed E-state index contributed by atoms with van der Waals surface area (Å²) in [4.78, 5) is 0. The monoisotopic (exact) mass is 490 g/mol. The number of ether oxygens (including phenoxy) is 1. The molecule has 5 aromatic rings. The standard InChI is InChI=1S/C30H26N4OS/c36-30-33-32-29(20-28(25-12-6-2-7-13-25)26-14-8-3-9-15-26)34(30)31-21-23-16-18-27(19-17-23)35-22-24-10-4-1-5-11-24/h1-19,21,28H,20,22H2,(H,33,36)/b31-21+. The molecule has 1 aromatic heterocycles. The normalized spacial score (nSPS) is 11.2. The van der Waals surface area contributed by atoms with Crippen molar-refractivity contribution in [2.24, 2.45) is 5.10 Å². The van der Waals surface area contributed by atoms with Crippen LogP contribution in [0.1, 0.15) is 34.0 Å². The van der Waals surface area contributed by atoms with E-state index in [0.29, 0.717) is 17.8 Å². The number of nitrogens with zero attached hydrogens (tertiary/aromatic N) is 3. The van der Waals surface area contributed by atoms with Gasteiger partial charge in [-0.1, -0.05) is 91.0 Å². The molecule has 0 saturated heterocycles. The minimum absolute atomic E-state index is 0.132. The van der Waals surface area contributed by atoms with Crippen LogP contribution in [0.3, 0.4) is 0 Å². The highest BCUT2D eigenvalue weighted by molar-refractivity contribution is 7.71. The van der Waals surface area contributed by atoms with E-state index in [1.807, 2.05) is 66.7 Å². The fourth-order valence-electron chi connectivity index (χ4n) is 4.07. The summed E-state index contributed by atoms with van der Waals surface area (Å²) < 4.78 is 8.05. The van der Waals surface area contributed by atoms with E-state index >= 15 is 0 Å². The molecule has 0 bridgehead atoms. The van der Waals surface area contributed by atoms with E-state index in [-0.39, 0.29) is 5.92 Å². The van der Waals surface area contributed by atoms with E-state index in [1.54, 1.807) is 10.9 Å². The van der Waals surface area contributed by atoms with Gasteiger partial charge in [0.2, 0.25) is 4.77 Å². The lowest BCUT2D eigenvalue weighted by Crippen LogP contribution is -2.09. The molecule has 0 fully saturated rings. The summed E-state index contributed by atoms with van der Waals surface area (Å²) in [6, 6.07) is 38.9. The first-order valence-electron chi connectivity index (χ1n) is 11.8. The van der Waals surface area contributed by atoms with Crippen LogP contribution in [-0.4, -0.2) is 21.1 Å². The van der Waals surface area contributed by atoms with Crippen LogP contribution in [0.4, 0.5) is 0 Å². The fraction of sp³-hybridized carbons (Fsp3) is 0.100. The van der Waals surface area contributed by atoms with E-state index in [1.165, 1.54) is 11.1 Å². The Labute approximate surface area is 215 Å². The first-order valence-corrected chi connectivity index (χ1v) is 12.2. The Balaban J connectivity index is 1.32. The van der Waals surface area contributed by atoms with Gasteiger partial charge in [-0.05, 0) is 58.7 Å². The Bertz CT molecular complexity index is 1420. The van der Waals surface area contributed by atoms with E-state index in [2.05, 4.69) is 63.8 Å². The van der Waals surface area contributed by atoms with Crippen LogP contribution in [-0.2, 0) is 13.0 Å². The molecule has 0 atom stereocenters. The Kier molecular flexibility index (Phi) is 7.44. The Hall–Kier alpha value is -4.29. The average Bonchev–Trinajstić information content (AvgIpc) is 3.30. The summed E-state index contributed by atoms with van der Waals surface area (Å²) in [5.41, 5.74) is 4.52. The molecule has 0 aliphatic heterocycles. The quantitative estimate of drug-likeness (QED) is 0.183. The van der Waals surface area contributed by atoms with Gasteiger partial charge in [0.25, 0.3) is 0 Å². The maximum absolute atomic E-state index is 5.88. The predicted molar refractivity (Wildman–Crippen MR) is 146 cm³/mol. The minimum atomic E-state index is 0.132. The van der Waals surface area contributed by atoms with Gasteiger partial charge < -0.3 is 4.74 Å². The summed E-state index contributed by atoms with van der Waals surface area (Å²) >= 11 is 5.49. The molecule has 5 rings (SSSR count). The van der Waals surface area contributed by atoms with Gasteiger partial charge in [-0.3, -0.25) is 5.10 Å². The Morgan fingerprint density at radius 2 is 1.39 bits per heavy atom. The molecule has 0 saturated carbocycles. The van der Waals surface area contributed by atoms with Crippen molar-refractivity contribution in [1.82, 2.24) is 14.9 Å². The van der Waals surface area contributed by atoms with Crippen LogP contribution < -0.4 is 4.74 Å². The minimum Gasteiger partial charge on any atom is -0.489 e. The van der Waals surface area contributed by atoms with Crippen LogP contribution in [0, 0.1) is 4.77 Å². The topological polar surface area (TPSA) is 55.2 Å². The molecule has 5 nitrogen and oxygen atoms in total. The van der Waals surface area contributed by atoms with Crippen molar-refractivity contribution in [3.05, 3.63) is 148 Å². The third-order valence-electron chi connectivity index (χ3n) is 5.96. The summed E-state index contributed by atoms with van der Waals surface area (Å²) in [7, 11) is 0. The SMILES string of the molecule is S=c1[nH]nc(CC(c2ccccc2)c2ccccc2)n1/N=C/c1ccc(OCc2ccccc2)cc1. The lowest BCUT2D eigenvalue weighted by Gasteiger charge is -2.17. The Morgan fingerprint density at radius 1 is 0.806 bits per heavy atom. The van der Waals surface area contributed by atoms with Gasteiger partial charge >= 0.3 is 0 Å². The predicted octanol–water partition coefficient (Wildman–Crippen LogP) is 6.78. The second kappa shape index (κ2) is 11.4. The second-order valence-corrected chi connectivity index (χ2v) is 8.81. The van der Waals surface area contributed by atoms with E-state index in [0.717, 1.165) is 22.7 Å². The largest absolute Gasteiger partial charge is 0.489 e. The average molecular weight is 491 g/mol.